The highest BCUT2D eigenvalue weighted by molar-refractivity contribution is 7.89. The summed E-state index contributed by atoms with van der Waals surface area (Å²) in [5.41, 5.74) is 6.80. The second-order valence-corrected chi connectivity index (χ2v) is 7.66. The minimum atomic E-state index is -3.24. The molecule has 1 fully saturated rings. The molecular weight excluding hydrogens is 286 g/mol. The molecule has 1 aliphatic carbocycles. The molecule has 0 spiro atoms. The Kier molecular flexibility index (Phi) is 5.72. The van der Waals surface area contributed by atoms with Crippen LogP contribution in [0.3, 0.4) is 0 Å². The molecule has 5 nitrogen and oxygen atoms in total. The third kappa shape index (κ3) is 4.02. The number of hydrogen-bond donors (Lipinski definition) is 1. The molecule has 1 aromatic heterocycles. The normalized spacial score (nSPS) is 22.8. The number of rotatable bonds is 7. The molecule has 6 heteroatoms. The summed E-state index contributed by atoms with van der Waals surface area (Å²) < 4.78 is 27.0. The average molecular weight is 311 g/mol. The lowest BCUT2D eigenvalue weighted by molar-refractivity contribution is 0.276. The van der Waals surface area contributed by atoms with Crippen LogP contribution < -0.4 is 5.73 Å². The van der Waals surface area contributed by atoms with Gasteiger partial charge in [0, 0.05) is 25.0 Å². The third-order valence-corrected chi connectivity index (χ3v) is 6.32. The maximum atomic E-state index is 12.7. The molecule has 1 aromatic rings. The van der Waals surface area contributed by atoms with Crippen LogP contribution in [-0.2, 0) is 16.4 Å². The first-order valence-electron chi connectivity index (χ1n) is 7.67. The quantitative estimate of drug-likeness (QED) is 0.826. The summed E-state index contributed by atoms with van der Waals surface area (Å²) in [4.78, 5) is 3.95. The van der Waals surface area contributed by atoms with E-state index in [0.29, 0.717) is 25.4 Å². The highest BCUT2D eigenvalue weighted by Gasteiger charge is 2.36. The second-order valence-electron chi connectivity index (χ2n) is 5.62. The zero-order valence-electron chi connectivity index (χ0n) is 12.6. The van der Waals surface area contributed by atoms with Gasteiger partial charge in [0.05, 0.1) is 5.75 Å². The van der Waals surface area contributed by atoms with Crippen LogP contribution in [0.4, 0.5) is 0 Å². The monoisotopic (exact) mass is 311 g/mol. The van der Waals surface area contributed by atoms with E-state index in [1.807, 2.05) is 19.1 Å². The molecule has 2 N–H and O–H groups in total. The molecule has 21 heavy (non-hydrogen) atoms. The van der Waals surface area contributed by atoms with Gasteiger partial charge in [0.25, 0.3) is 0 Å². The molecule has 118 valence electrons. The Morgan fingerprint density at radius 2 is 2.05 bits per heavy atom. The molecule has 2 atom stereocenters. The van der Waals surface area contributed by atoms with Crippen molar-refractivity contribution in [2.45, 2.75) is 38.6 Å². The molecule has 0 radical (unpaired) electrons. The van der Waals surface area contributed by atoms with Gasteiger partial charge >= 0.3 is 0 Å². The van der Waals surface area contributed by atoms with Gasteiger partial charge in [-0.1, -0.05) is 13.3 Å². The van der Waals surface area contributed by atoms with Crippen molar-refractivity contribution in [3.63, 3.8) is 0 Å². The number of hydrogen-bond acceptors (Lipinski definition) is 4. The molecule has 0 bridgehead atoms. The fourth-order valence-electron chi connectivity index (χ4n) is 3.22. The molecule has 1 aliphatic rings. The predicted octanol–water partition coefficient (Wildman–Crippen LogP) is 1.40. The highest BCUT2D eigenvalue weighted by atomic mass is 32.2. The Hall–Kier alpha value is -0.980. The molecular formula is C15H25N3O2S. The van der Waals surface area contributed by atoms with E-state index in [0.717, 1.165) is 24.8 Å². The van der Waals surface area contributed by atoms with E-state index in [1.54, 1.807) is 16.7 Å². The topological polar surface area (TPSA) is 76.3 Å². The SMILES string of the molecule is CCN(C1CCCC1CN)S(=O)(=O)CCc1ccncc1. The lowest BCUT2D eigenvalue weighted by atomic mass is 10.0. The molecule has 2 rings (SSSR count). The van der Waals surface area contributed by atoms with Crippen LogP contribution in [0.5, 0.6) is 0 Å². The first kappa shape index (κ1) is 16.4. The predicted molar refractivity (Wildman–Crippen MR) is 84.3 cm³/mol. The molecule has 1 heterocycles. The van der Waals surface area contributed by atoms with Crippen molar-refractivity contribution in [2.75, 3.05) is 18.8 Å². The van der Waals surface area contributed by atoms with Gasteiger partial charge in [-0.15, -0.1) is 0 Å². The fraction of sp³-hybridized carbons (Fsp3) is 0.667. The number of pyridine rings is 1. The number of aryl methyl sites for hydroxylation is 1. The van der Waals surface area contributed by atoms with E-state index < -0.39 is 10.0 Å². The Morgan fingerprint density at radius 3 is 2.67 bits per heavy atom. The van der Waals surface area contributed by atoms with Crippen molar-refractivity contribution in [1.29, 1.82) is 0 Å². The summed E-state index contributed by atoms with van der Waals surface area (Å²) in [6, 6.07) is 3.82. The molecule has 0 amide bonds. The van der Waals surface area contributed by atoms with Gasteiger partial charge in [0.15, 0.2) is 0 Å². The minimum absolute atomic E-state index is 0.0856. The van der Waals surface area contributed by atoms with Crippen molar-refractivity contribution >= 4 is 10.0 Å². The van der Waals surface area contributed by atoms with Gasteiger partial charge < -0.3 is 5.73 Å². The Labute approximate surface area is 127 Å². The summed E-state index contributed by atoms with van der Waals surface area (Å²) in [7, 11) is -3.24. The van der Waals surface area contributed by atoms with Crippen LogP contribution in [0.1, 0.15) is 31.7 Å². The maximum Gasteiger partial charge on any atom is 0.214 e. The van der Waals surface area contributed by atoms with Crippen LogP contribution in [0, 0.1) is 5.92 Å². The smallest absolute Gasteiger partial charge is 0.214 e. The van der Waals surface area contributed by atoms with E-state index in [2.05, 4.69) is 4.98 Å². The number of nitrogens with two attached hydrogens (primary N) is 1. The number of sulfonamides is 1. The molecule has 0 aromatic carbocycles. The van der Waals surface area contributed by atoms with Crippen LogP contribution in [0.15, 0.2) is 24.5 Å². The van der Waals surface area contributed by atoms with Crippen LogP contribution >= 0.6 is 0 Å². The summed E-state index contributed by atoms with van der Waals surface area (Å²) in [6.07, 6.45) is 6.97. The van der Waals surface area contributed by atoms with E-state index in [4.69, 9.17) is 5.73 Å². The number of aromatic nitrogens is 1. The van der Waals surface area contributed by atoms with Crippen molar-refractivity contribution in [1.82, 2.24) is 9.29 Å². The lowest BCUT2D eigenvalue weighted by Crippen LogP contribution is -2.45. The van der Waals surface area contributed by atoms with Gasteiger partial charge in [-0.25, -0.2) is 8.42 Å². The van der Waals surface area contributed by atoms with Gasteiger partial charge in [-0.05, 0) is 49.4 Å². The van der Waals surface area contributed by atoms with Crippen molar-refractivity contribution < 1.29 is 8.42 Å². The molecule has 0 saturated heterocycles. The first-order valence-corrected chi connectivity index (χ1v) is 9.28. The standard InChI is InChI=1S/C15H25N3O2S/c1-2-18(15-5-3-4-14(15)12-16)21(19,20)11-8-13-6-9-17-10-7-13/h6-7,9-10,14-15H,2-5,8,11-12,16H2,1H3. The van der Waals surface area contributed by atoms with Crippen molar-refractivity contribution in [3.8, 4) is 0 Å². The summed E-state index contributed by atoms with van der Waals surface area (Å²) in [6.45, 7) is 3.01. The minimum Gasteiger partial charge on any atom is -0.330 e. The van der Waals surface area contributed by atoms with Gasteiger partial charge in [-0.2, -0.15) is 4.31 Å². The first-order chi connectivity index (χ1) is 10.1. The van der Waals surface area contributed by atoms with Crippen molar-refractivity contribution in [2.24, 2.45) is 11.7 Å². The summed E-state index contributed by atoms with van der Waals surface area (Å²) >= 11 is 0. The largest absolute Gasteiger partial charge is 0.330 e. The van der Waals surface area contributed by atoms with Gasteiger partial charge in [0.1, 0.15) is 0 Å². The number of nitrogens with zero attached hydrogens (tertiary/aromatic N) is 2. The Balaban J connectivity index is 2.05. The molecule has 1 saturated carbocycles. The zero-order chi connectivity index (χ0) is 15.3. The molecule has 2 unspecified atom stereocenters. The van der Waals surface area contributed by atoms with E-state index in [-0.39, 0.29) is 11.8 Å². The van der Waals surface area contributed by atoms with Crippen LogP contribution in [0.25, 0.3) is 0 Å². The fourth-order valence-corrected chi connectivity index (χ4v) is 5.03. The van der Waals surface area contributed by atoms with Gasteiger partial charge in [0.2, 0.25) is 10.0 Å². The maximum absolute atomic E-state index is 12.7. The zero-order valence-corrected chi connectivity index (χ0v) is 13.4. The highest BCUT2D eigenvalue weighted by Crippen LogP contribution is 2.31. The second kappa shape index (κ2) is 7.33. The van der Waals surface area contributed by atoms with Crippen LogP contribution in [0.2, 0.25) is 0 Å². The summed E-state index contributed by atoms with van der Waals surface area (Å²) in [5.74, 6) is 0.458. The van der Waals surface area contributed by atoms with E-state index >= 15 is 0 Å². The lowest BCUT2D eigenvalue weighted by Gasteiger charge is -2.31. The van der Waals surface area contributed by atoms with E-state index in [1.165, 1.54) is 0 Å². The third-order valence-electron chi connectivity index (χ3n) is 4.36. The Morgan fingerprint density at radius 1 is 1.33 bits per heavy atom. The van der Waals surface area contributed by atoms with Crippen molar-refractivity contribution in [3.05, 3.63) is 30.1 Å². The Bertz CT molecular complexity index is 533. The van der Waals surface area contributed by atoms with Crippen LogP contribution in [-0.4, -0.2) is 42.6 Å². The van der Waals surface area contributed by atoms with E-state index in [9.17, 15) is 8.42 Å². The average Bonchev–Trinajstić information content (AvgIpc) is 2.95. The van der Waals surface area contributed by atoms with Gasteiger partial charge in [-0.3, -0.25) is 4.98 Å². The molecule has 0 aliphatic heterocycles. The summed E-state index contributed by atoms with van der Waals surface area (Å²) in [5, 5.41) is 0.